The Morgan fingerprint density at radius 2 is 1.69 bits per heavy atom. The van der Waals surface area contributed by atoms with Gasteiger partial charge in [-0.25, -0.2) is 0 Å². The average Bonchev–Trinajstić information content (AvgIpc) is 3.57. The Kier molecular flexibility index (Phi) is 6.44. The van der Waals surface area contributed by atoms with Crippen molar-refractivity contribution in [3.63, 3.8) is 0 Å². The van der Waals surface area contributed by atoms with Gasteiger partial charge in [0.25, 0.3) is 5.91 Å². The zero-order valence-corrected chi connectivity index (χ0v) is 20.4. The largest absolute Gasteiger partial charge is 0.507 e. The molecular weight excluding hydrogens is 509 g/mol. The van der Waals surface area contributed by atoms with Crippen LogP contribution in [-0.2, 0) is 6.30 Å². The molecule has 0 saturated heterocycles. The quantitative estimate of drug-likeness (QED) is 0.207. The summed E-state index contributed by atoms with van der Waals surface area (Å²) in [5.74, 6) is -0.877. The molecule has 196 valence electrons. The topological polar surface area (TPSA) is 128 Å². The predicted molar refractivity (Wildman–Crippen MR) is 139 cm³/mol. The minimum absolute atomic E-state index is 0.0803. The van der Waals surface area contributed by atoms with Crippen molar-refractivity contribution in [2.75, 3.05) is 5.32 Å². The van der Waals surface area contributed by atoms with E-state index in [4.69, 9.17) is 11.1 Å². The molecule has 0 spiro atoms. The number of amides is 1. The lowest BCUT2D eigenvalue weighted by atomic mass is 9.99. The van der Waals surface area contributed by atoms with E-state index in [-0.39, 0.29) is 22.0 Å². The van der Waals surface area contributed by atoms with Crippen LogP contribution in [0.25, 0.3) is 28.2 Å². The molecule has 39 heavy (non-hydrogen) atoms. The van der Waals surface area contributed by atoms with Crippen LogP contribution in [0.1, 0.15) is 21.6 Å². The molecule has 1 amide bonds. The van der Waals surface area contributed by atoms with Crippen LogP contribution in [0, 0.1) is 12.3 Å². The van der Waals surface area contributed by atoms with Crippen LogP contribution in [-0.4, -0.2) is 36.5 Å². The maximum Gasteiger partial charge on any atom is 0.507 e. The minimum atomic E-state index is -4.77. The zero-order valence-electron chi connectivity index (χ0n) is 20.4. The van der Waals surface area contributed by atoms with Crippen LogP contribution in [0.4, 0.5) is 18.9 Å². The zero-order chi connectivity index (χ0) is 27.7. The number of anilines is 1. The molecule has 9 nitrogen and oxygen atoms in total. The van der Waals surface area contributed by atoms with E-state index >= 15 is 0 Å². The van der Waals surface area contributed by atoms with Gasteiger partial charge in [0.05, 0.1) is 0 Å². The lowest BCUT2D eigenvalue weighted by Gasteiger charge is -2.13. The van der Waals surface area contributed by atoms with Crippen molar-refractivity contribution in [2.24, 2.45) is 5.73 Å². The summed E-state index contributed by atoms with van der Waals surface area (Å²) in [4.78, 5) is 13.2. The molecule has 4 N–H and O–H groups in total. The Labute approximate surface area is 220 Å². The number of hydrogen-bond acceptors (Lipinski definition) is 5. The number of nitrogens with two attached hydrogens (primary N) is 1. The summed E-state index contributed by atoms with van der Waals surface area (Å²) in [7, 11) is 0. The highest BCUT2D eigenvalue weighted by molar-refractivity contribution is 6.04. The van der Waals surface area contributed by atoms with Gasteiger partial charge in [0.1, 0.15) is 11.5 Å². The molecule has 0 unspecified atom stereocenters. The van der Waals surface area contributed by atoms with Crippen molar-refractivity contribution in [3.8, 4) is 28.2 Å². The SMILES string of the molecule is Cc1cc(C(=O)Nc2ccc(-c3ccccc3-c3nnnn3C(F)(F)F)cc2)n(-c2cccc(C(=N)N)c2)c1. The number of rotatable bonds is 6. The Bertz CT molecular complexity index is 1690. The standard InChI is InChI=1S/C27H21F3N8O/c1-16-13-23(37(15-16)20-6-4-5-18(14-20)24(31)32)26(39)33-19-11-9-17(10-12-19)21-7-2-3-8-22(21)25-34-35-36-38(25)27(28,29)30/h2-15H,1H3,(H3,31,32)(H,33,39). The smallest absolute Gasteiger partial charge is 0.384 e. The molecule has 0 aliphatic carbocycles. The molecule has 0 fully saturated rings. The number of nitrogens with one attached hydrogen (secondary N) is 2. The molecule has 2 heterocycles. The maximum atomic E-state index is 13.4. The predicted octanol–water partition coefficient (Wildman–Crippen LogP) is 5.12. The van der Waals surface area contributed by atoms with E-state index < -0.39 is 12.1 Å². The normalized spacial score (nSPS) is 11.4. The molecule has 0 aliphatic rings. The van der Waals surface area contributed by atoms with Gasteiger partial charge in [0.2, 0.25) is 0 Å². The monoisotopic (exact) mass is 530 g/mol. The minimum Gasteiger partial charge on any atom is -0.384 e. The van der Waals surface area contributed by atoms with Crippen molar-refractivity contribution in [1.29, 1.82) is 5.41 Å². The summed E-state index contributed by atoms with van der Waals surface area (Å²) >= 11 is 0. The van der Waals surface area contributed by atoms with Gasteiger partial charge in [-0.15, -0.1) is 23.0 Å². The first kappa shape index (κ1) is 25.4. The number of carbonyl (C=O) groups is 1. The molecule has 0 aliphatic heterocycles. The van der Waals surface area contributed by atoms with Crippen LogP contribution in [0.5, 0.6) is 0 Å². The van der Waals surface area contributed by atoms with Gasteiger partial charge in [0, 0.05) is 28.7 Å². The van der Waals surface area contributed by atoms with Crippen LogP contribution in [0.2, 0.25) is 0 Å². The van der Waals surface area contributed by atoms with E-state index in [0.717, 1.165) is 5.56 Å². The van der Waals surface area contributed by atoms with Crippen molar-refractivity contribution in [2.45, 2.75) is 13.2 Å². The first-order chi connectivity index (χ1) is 18.6. The van der Waals surface area contributed by atoms with E-state index in [9.17, 15) is 18.0 Å². The van der Waals surface area contributed by atoms with Crippen molar-refractivity contribution >= 4 is 17.4 Å². The molecular formula is C27H21F3N8O. The number of nitrogen functional groups attached to an aromatic ring is 1. The number of amidine groups is 1. The third-order valence-electron chi connectivity index (χ3n) is 5.96. The number of nitrogens with zero attached hydrogens (tertiary/aromatic N) is 5. The highest BCUT2D eigenvalue weighted by atomic mass is 19.4. The first-order valence-electron chi connectivity index (χ1n) is 11.6. The van der Waals surface area contributed by atoms with Gasteiger partial charge >= 0.3 is 6.30 Å². The second-order valence-corrected chi connectivity index (χ2v) is 8.70. The second-order valence-electron chi connectivity index (χ2n) is 8.70. The van der Waals surface area contributed by atoms with E-state index in [2.05, 4.69) is 20.8 Å². The average molecular weight is 531 g/mol. The summed E-state index contributed by atoms with van der Waals surface area (Å²) in [5.41, 5.74) is 9.86. The second kappa shape index (κ2) is 9.89. The number of aryl methyl sites for hydroxylation is 1. The third kappa shape index (κ3) is 5.12. The van der Waals surface area contributed by atoms with Gasteiger partial charge in [-0.3, -0.25) is 10.2 Å². The van der Waals surface area contributed by atoms with Crippen LogP contribution in [0.15, 0.2) is 85.1 Å². The van der Waals surface area contributed by atoms with E-state index in [1.807, 2.05) is 19.2 Å². The third-order valence-corrected chi connectivity index (χ3v) is 5.96. The fraction of sp³-hybridized carbons (Fsp3) is 0.0741. The maximum absolute atomic E-state index is 13.4. The van der Waals surface area contributed by atoms with Crippen LogP contribution in [0.3, 0.4) is 0 Å². The molecule has 5 aromatic rings. The number of halogens is 3. The molecule has 0 atom stereocenters. The Hall–Kier alpha value is -5.26. The summed E-state index contributed by atoms with van der Waals surface area (Å²) in [5, 5.41) is 20.4. The number of hydrogen-bond donors (Lipinski definition) is 3. The molecule has 5 rings (SSSR count). The fourth-order valence-electron chi connectivity index (χ4n) is 4.19. The number of benzene rings is 3. The molecule has 0 bridgehead atoms. The van der Waals surface area contributed by atoms with Crippen molar-refractivity contribution in [1.82, 2.24) is 24.8 Å². The summed E-state index contributed by atoms with van der Waals surface area (Å²) in [6.07, 6.45) is -2.97. The highest BCUT2D eigenvalue weighted by Gasteiger charge is 2.36. The van der Waals surface area contributed by atoms with Crippen molar-refractivity contribution in [3.05, 3.63) is 102 Å². The Morgan fingerprint density at radius 3 is 2.38 bits per heavy atom. The Morgan fingerprint density at radius 1 is 0.974 bits per heavy atom. The van der Waals surface area contributed by atoms with Crippen LogP contribution >= 0.6 is 0 Å². The fourth-order valence-corrected chi connectivity index (χ4v) is 4.19. The summed E-state index contributed by atoms with van der Waals surface area (Å²) < 4.78 is 41.7. The van der Waals surface area contributed by atoms with Gasteiger partial charge < -0.3 is 15.6 Å². The Balaban J connectivity index is 1.42. The van der Waals surface area contributed by atoms with Gasteiger partial charge in [-0.2, -0.15) is 0 Å². The number of alkyl halides is 3. The van der Waals surface area contributed by atoms with E-state index in [1.54, 1.807) is 71.3 Å². The molecule has 2 aromatic heterocycles. The first-order valence-corrected chi connectivity index (χ1v) is 11.6. The van der Waals surface area contributed by atoms with Gasteiger partial charge in [-0.05, 0) is 64.4 Å². The molecule has 3 aromatic carbocycles. The van der Waals surface area contributed by atoms with Crippen LogP contribution < -0.4 is 11.1 Å². The summed E-state index contributed by atoms with van der Waals surface area (Å²) in [6, 6.07) is 21.9. The highest BCUT2D eigenvalue weighted by Crippen LogP contribution is 2.34. The molecule has 0 radical (unpaired) electrons. The van der Waals surface area contributed by atoms with E-state index in [0.29, 0.717) is 33.8 Å². The molecule has 0 saturated carbocycles. The van der Waals surface area contributed by atoms with E-state index in [1.165, 1.54) is 6.07 Å². The number of aromatic nitrogens is 5. The number of tetrazole rings is 1. The lowest BCUT2D eigenvalue weighted by Crippen LogP contribution is -2.19. The summed E-state index contributed by atoms with van der Waals surface area (Å²) in [6.45, 7) is 1.86. The van der Waals surface area contributed by atoms with Crippen molar-refractivity contribution < 1.29 is 18.0 Å². The molecule has 12 heteroatoms. The van der Waals surface area contributed by atoms with Gasteiger partial charge in [-0.1, -0.05) is 48.5 Å². The lowest BCUT2D eigenvalue weighted by molar-refractivity contribution is -0.211. The number of carbonyl (C=O) groups excluding carboxylic acids is 1. The van der Waals surface area contributed by atoms with Gasteiger partial charge in [0.15, 0.2) is 5.82 Å².